The molecule has 1 aromatic carbocycles. The highest BCUT2D eigenvalue weighted by Crippen LogP contribution is 2.16. The lowest BCUT2D eigenvalue weighted by atomic mass is 9.99. The number of hydrogen-bond acceptors (Lipinski definition) is 4. The molecule has 3 amide bonds. The topological polar surface area (TPSA) is 92.5 Å². The first-order valence-corrected chi connectivity index (χ1v) is 6.98. The van der Waals surface area contributed by atoms with Crippen molar-refractivity contribution in [1.82, 2.24) is 10.2 Å². The van der Waals surface area contributed by atoms with E-state index in [1.807, 2.05) is 0 Å². The molecular formula is C15H19N3O3. The lowest BCUT2D eigenvalue weighted by Gasteiger charge is -2.29. The minimum absolute atomic E-state index is 0.186. The summed E-state index contributed by atoms with van der Waals surface area (Å²) in [4.78, 5) is 37.3. The summed E-state index contributed by atoms with van der Waals surface area (Å²) in [5, 5.41) is 2.10. The molecule has 1 heterocycles. The Morgan fingerprint density at radius 2 is 1.81 bits per heavy atom. The van der Waals surface area contributed by atoms with Crippen LogP contribution in [0.15, 0.2) is 24.3 Å². The van der Waals surface area contributed by atoms with Gasteiger partial charge in [-0.3, -0.25) is 19.7 Å². The number of para-hydroxylation sites is 1. The highest BCUT2D eigenvalue weighted by atomic mass is 16.2. The fraction of sp³-hybridized carbons (Fsp3) is 0.400. The van der Waals surface area contributed by atoms with Crippen LogP contribution < -0.4 is 11.1 Å². The molecule has 6 heteroatoms. The van der Waals surface area contributed by atoms with E-state index < -0.39 is 17.7 Å². The molecule has 0 atom stereocenters. The third-order valence-electron chi connectivity index (χ3n) is 3.70. The number of anilines is 1. The fourth-order valence-electron chi connectivity index (χ4n) is 2.28. The highest BCUT2D eigenvalue weighted by molar-refractivity contribution is 6.38. The van der Waals surface area contributed by atoms with Crippen LogP contribution in [0.1, 0.15) is 30.1 Å². The van der Waals surface area contributed by atoms with Crippen molar-refractivity contribution in [1.29, 1.82) is 0 Å². The van der Waals surface area contributed by atoms with Crippen LogP contribution in [0, 0.1) is 5.92 Å². The summed E-state index contributed by atoms with van der Waals surface area (Å²) in [6, 6.07) is 6.40. The predicted octanol–water partition coefficient (Wildman–Crippen LogP) is 0.784. The Morgan fingerprint density at radius 3 is 2.43 bits per heavy atom. The van der Waals surface area contributed by atoms with Gasteiger partial charge in [-0.05, 0) is 30.9 Å². The molecule has 0 unspecified atom stereocenters. The summed E-state index contributed by atoms with van der Waals surface area (Å²) in [6.07, 6.45) is 1.75. The molecule has 0 aromatic heterocycles. The van der Waals surface area contributed by atoms with Crippen LogP contribution in [-0.4, -0.2) is 35.7 Å². The van der Waals surface area contributed by atoms with Gasteiger partial charge in [0.15, 0.2) is 0 Å². The van der Waals surface area contributed by atoms with Crippen molar-refractivity contribution < 1.29 is 14.4 Å². The van der Waals surface area contributed by atoms with E-state index in [0.717, 1.165) is 12.8 Å². The minimum Gasteiger partial charge on any atom is -0.398 e. The Morgan fingerprint density at radius 1 is 1.19 bits per heavy atom. The zero-order valence-electron chi connectivity index (χ0n) is 12.0. The van der Waals surface area contributed by atoms with Crippen molar-refractivity contribution in [2.75, 3.05) is 18.8 Å². The van der Waals surface area contributed by atoms with Gasteiger partial charge >= 0.3 is 11.8 Å². The van der Waals surface area contributed by atoms with Gasteiger partial charge in [-0.15, -0.1) is 0 Å². The van der Waals surface area contributed by atoms with Crippen LogP contribution in [-0.2, 0) is 9.59 Å². The molecule has 6 nitrogen and oxygen atoms in total. The Hall–Kier alpha value is -2.37. The second-order valence-electron chi connectivity index (χ2n) is 5.35. The fourth-order valence-corrected chi connectivity index (χ4v) is 2.28. The van der Waals surface area contributed by atoms with Crippen LogP contribution in [0.2, 0.25) is 0 Å². The Kier molecular flexibility index (Phi) is 4.57. The van der Waals surface area contributed by atoms with Crippen LogP contribution >= 0.6 is 0 Å². The van der Waals surface area contributed by atoms with Crippen molar-refractivity contribution >= 4 is 23.4 Å². The summed E-state index contributed by atoms with van der Waals surface area (Å²) in [7, 11) is 0. The zero-order valence-corrected chi connectivity index (χ0v) is 12.0. The first-order valence-electron chi connectivity index (χ1n) is 6.98. The number of rotatable bonds is 1. The second-order valence-corrected chi connectivity index (χ2v) is 5.35. The molecule has 1 aliphatic heterocycles. The lowest BCUT2D eigenvalue weighted by Crippen LogP contribution is -2.47. The average molecular weight is 289 g/mol. The summed E-state index contributed by atoms with van der Waals surface area (Å²) in [6.45, 7) is 3.22. The zero-order chi connectivity index (χ0) is 15.4. The van der Waals surface area contributed by atoms with Crippen molar-refractivity contribution in [2.24, 2.45) is 5.92 Å². The maximum atomic E-state index is 12.0. The number of piperidine rings is 1. The SMILES string of the molecule is CC1CCN(C(=O)C(=O)NC(=O)c2ccccc2N)CC1. The van der Waals surface area contributed by atoms with Gasteiger partial charge in [0.25, 0.3) is 5.91 Å². The number of nitrogens with one attached hydrogen (secondary N) is 1. The van der Waals surface area contributed by atoms with Crippen LogP contribution in [0.3, 0.4) is 0 Å². The molecular weight excluding hydrogens is 270 g/mol. The van der Waals surface area contributed by atoms with Gasteiger partial charge in [0.2, 0.25) is 0 Å². The van der Waals surface area contributed by atoms with Gasteiger partial charge in [-0.1, -0.05) is 19.1 Å². The maximum Gasteiger partial charge on any atom is 0.316 e. The molecule has 21 heavy (non-hydrogen) atoms. The average Bonchev–Trinajstić information content (AvgIpc) is 2.47. The van der Waals surface area contributed by atoms with Gasteiger partial charge in [-0.2, -0.15) is 0 Å². The van der Waals surface area contributed by atoms with E-state index in [1.54, 1.807) is 18.2 Å². The summed E-state index contributed by atoms with van der Waals surface area (Å²) in [5.74, 6) is -1.66. The summed E-state index contributed by atoms with van der Waals surface area (Å²) >= 11 is 0. The van der Waals surface area contributed by atoms with E-state index >= 15 is 0 Å². The molecule has 0 radical (unpaired) electrons. The van der Waals surface area contributed by atoms with Crippen molar-refractivity contribution in [3.63, 3.8) is 0 Å². The molecule has 0 spiro atoms. The number of likely N-dealkylation sites (tertiary alicyclic amines) is 1. The van der Waals surface area contributed by atoms with E-state index in [0.29, 0.717) is 19.0 Å². The number of hydrogen-bond donors (Lipinski definition) is 2. The van der Waals surface area contributed by atoms with E-state index in [-0.39, 0.29) is 11.3 Å². The maximum absolute atomic E-state index is 12.0. The smallest absolute Gasteiger partial charge is 0.316 e. The van der Waals surface area contributed by atoms with E-state index in [1.165, 1.54) is 11.0 Å². The van der Waals surface area contributed by atoms with Crippen LogP contribution in [0.5, 0.6) is 0 Å². The minimum atomic E-state index is -0.905. The Balaban J connectivity index is 1.96. The normalized spacial score (nSPS) is 15.6. The first kappa shape index (κ1) is 15.0. The predicted molar refractivity (Wildman–Crippen MR) is 78.3 cm³/mol. The largest absolute Gasteiger partial charge is 0.398 e. The van der Waals surface area contributed by atoms with E-state index in [2.05, 4.69) is 12.2 Å². The molecule has 1 aromatic rings. The molecule has 0 saturated carbocycles. The summed E-state index contributed by atoms with van der Waals surface area (Å²) < 4.78 is 0. The number of benzene rings is 1. The van der Waals surface area contributed by atoms with Gasteiger partial charge in [-0.25, -0.2) is 0 Å². The van der Waals surface area contributed by atoms with Crippen molar-refractivity contribution in [3.05, 3.63) is 29.8 Å². The monoisotopic (exact) mass is 289 g/mol. The summed E-state index contributed by atoms with van der Waals surface area (Å²) in [5.41, 5.74) is 6.12. The van der Waals surface area contributed by atoms with Gasteiger partial charge < -0.3 is 10.6 Å². The Labute approximate surface area is 123 Å². The quantitative estimate of drug-likeness (QED) is 0.590. The number of amides is 3. The van der Waals surface area contributed by atoms with E-state index in [4.69, 9.17) is 5.73 Å². The van der Waals surface area contributed by atoms with Crippen LogP contribution in [0.25, 0.3) is 0 Å². The Bertz CT molecular complexity index is 563. The third-order valence-corrected chi connectivity index (χ3v) is 3.70. The van der Waals surface area contributed by atoms with Crippen molar-refractivity contribution in [3.8, 4) is 0 Å². The molecule has 1 saturated heterocycles. The molecule has 1 aliphatic rings. The number of nitrogens with two attached hydrogens (primary N) is 1. The number of nitrogens with zero attached hydrogens (tertiary/aromatic N) is 1. The van der Waals surface area contributed by atoms with E-state index in [9.17, 15) is 14.4 Å². The molecule has 0 bridgehead atoms. The molecule has 112 valence electrons. The van der Waals surface area contributed by atoms with Gasteiger partial charge in [0.05, 0.1) is 5.56 Å². The van der Waals surface area contributed by atoms with Crippen molar-refractivity contribution in [2.45, 2.75) is 19.8 Å². The van der Waals surface area contributed by atoms with Gasteiger partial charge in [0.1, 0.15) is 0 Å². The van der Waals surface area contributed by atoms with Crippen LogP contribution in [0.4, 0.5) is 5.69 Å². The third kappa shape index (κ3) is 3.59. The number of carbonyl (C=O) groups is 3. The van der Waals surface area contributed by atoms with Gasteiger partial charge in [0, 0.05) is 18.8 Å². The lowest BCUT2D eigenvalue weighted by molar-refractivity contribution is -0.146. The number of imide groups is 1. The standard InChI is InChI=1S/C15H19N3O3/c1-10-6-8-18(9-7-10)15(21)14(20)17-13(19)11-4-2-3-5-12(11)16/h2-5,10H,6-9,16H2,1H3,(H,17,19,20). The first-order chi connectivity index (χ1) is 9.99. The molecule has 1 fully saturated rings. The number of carbonyl (C=O) groups excluding carboxylic acids is 3. The molecule has 0 aliphatic carbocycles. The second kappa shape index (κ2) is 6.39. The molecule has 2 rings (SSSR count). The number of nitrogen functional groups attached to an aromatic ring is 1. The highest BCUT2D eigenvalue weighted by Gasteiger charge is 2.27. The molecule has 3 N–H and O–H groups in total.